The first-order chi connectivity index (χ1) is 14.3. The molecule has 2 fully saturated rings. The van der Waals surface area contributed by atoms with Crippen molar-refractivity contribution in [2.75, 3.05) is 24.7 Å². The Kier molecular flexibility index (Phi) is 6.22. The van der Waals surface area contributed by atoms with Gasteiger partial charge < -0.3 is 9.64 Å². The Bertz CT molecular complexity index is 1010. The lowest BCUT2D eigenvalue weighted by Gasteiger charge is -2.30. The van der Waals surface area contributed by atoms with Gasteiger partial charge >= 0.3 is 0 Å². The van der Waals surface area contributed by atoms with Crippen LogP contribution in [-0.4, -0.2) is 61.0 Å². The largest absolute Gasteiger partial charge is 0.376 e. The summed E-state index contributed by atoms with van der Waals surface area (Å²) in [5.74, 6) is -0.307. The predicted molar refractivity (Wildman–Crippen MR) is 114 cm³/mol. The summed E-state index contributed by atoms with van der Waals surface area (Å²) in [5.41, 5.74) is 1.44. The number of nitrogens with zero attached hydrogens (tertiary/aromatic N) is 2. The summed E-state index contributed by atoms with van der Waals surface area (Å²) in [7, 11) is -3.11. The van der Waals surface area contributed by atoms with Crippen molar-refractivity contribution in [3.05, 3.63) is 40.0 Å². The van der Waals surface area contributed by atoms with Gasteiger partial charge in [0.2, 0.25) is 5.91 Å². The van der Waals surface area contributed by atoms with E-state index >= 15 is 0 Å². The van der Waals surface area contributed by atoms with Crippen molar-refractivity contribution in [3.63, 3.8) is 0 Å². The number of carbonyl (C=O) groups is 1. The number of thiazole rings is 1. The molecule has 3 heterocycles. The van der Waals surface area contributed by atoms with Crippen LogP contribution in [0.2, 0.25) is 0 Å². The third-order valence-corrected chi connectivity index (χ3v) is 8.35. The molecule has 2 saturated heterocycles. The SMILES string of the molecule is Cc1nc(-c2ccc(F)cc2)c(CC(=O)N(C[C@H]2CCCO2)[C@H]2CCS(=O)(=O)C2)s1. The van der Waals surface area contributed by atoms with Gasteiger partial charge in [-0.15, -0.1) is 11.3 Å². The summed E-state index contributed by atoms with van der Waals surface area (Å²) in [6.07, 6.45) is 2.40. The summed E-state index contributed by atoms with van der Waals surface area (Å²) >= 11 is 1.44. The van der Waals surface area contributed by atoms with E-state index in [2.05, 4.69) is 4.98 Å². The fourth-order valence-corrected chi connectivity index (χ4v) is 6.82. The van der Waals surface area contributed by atoms with Crippen LogP contribution in [0.4, 0.5) is 4.39 Å². The summed E-state index contributed by atoms with van der Waals surface area (Å²) in [6, 6.07) is 5.76. The summed E-state index contributed by atoms with van der Waals surface area (Å²) in [5, 5.41) is 0.825. The first kappa shape index (κ1) is 21.4. The molecule has 0 unspecified atom stereocenters. The highest BCUT2D eigenvalue weighted by Gasteiger charge is 2.36. The van der Waals surface area contributed by atoms with Gasteiger partial charge in [-0.05, 0) is 50.5 Å². The molecule has 9 heteroatoms. The van der Waals surface area contributed by atoms with Gasteiger partial charge in [0.05, 0.1) is 34.7 Å². The summed E-state index contributed by atoms with van der Waals surface area (Å²) < 4.78 is 43.1. The number of ether oxygens (including phenoxy) is 1. The van der Waals surface area contributed by atoms with Crippen molar-refractivity contribution in [3.8, 4) is 11.3 Å². The zero-order chi connectivity index (χ0) is 21.3. The zero-order valence-corrected chi connectivity index (χ0v) is 18.5. The molecule has 0 saturated carbocycles. The van der Waals surface area contributed by atoms with E-state index in [0.717, 1.165) is 28.3 Å². The Morgan fingerprint density at radius 3 is 2.70 bits per heavy atom. The maximum absolute atomic E-state index is 13.3. The Morgan fingerprint density at radius 2 is 2.07 bits per heavy atom. The molecule has 4 rings (SSSR count). The van der Waals surface area contributed by atoms with E-state index in [9.17, 15) is 17.6 Å². The van der Waals surface area contributed by atoms with Crippen molar-refractivity contribution in [1.29, 1.82) is 0 Å². The fourth-order valence-electron chi connectivity index (χ4n) is 4.14. The van der Waals surface area contributed by atoms with Crippen LogP contribution in [0.3, 0.4) is 0 Å². The molecule has 162 valence electrons. The van der Waals surface area contributed by atoms with Gasteiger partial charge in [0.25, 0.3) is 0 Å². The Hall–Kier alpha value is -1.84. The molecule has 1 aromatic heterocycles. The minimum atomic E-state index is -3.11. The summed E-state index contributed by atoms with van der Waals surface area (Å²) in [6.45, 7) is 2.97. The van der Waals surface area contributed by atoms with Crippen LogP contribution >= 0.6 is 11.3 Å². The van der Waals surface area contributed by atoms with Crippen molar-refractivity contribution in [2.24, 2.45) is 0 Å². The molecule has 2 aliphatic rings. The van der Waals surface area contributed by atoms with Crippen LogP contribution in [-0.2, 0) is 25.8 Å². The van der Waals surface area contributed by atoms with Gasteiger partial charge in [-0.3, -0.25) is 4.79 Å². The molecule has 0 N–H and O–H groups in total. The highest BCUT2D eigenvalue weighted by atomic mass is 32.2. The van der Waals surface area contributed by atoms with E-state index in [1.54, 1.807) is 17.0 Å². The molecule has 0 radical (unpaired) electrons. The van der Waals surface area contributed by atoms with Crippen LogP contribution in [0.25, 0.3) is 11.3 Å². The molecule has 30 heavy (non-hydrogen) atoms. The molecule has 1 aromatic carbocycles. The molecule has 1 amide bonds. The lowest BCUT2D eigenvalue weighted by atomic mass is 10.1. The molecular formula is C21H25FN2O4S2. The monoisotopic (exact) mass is 452 g/mol. The summed E-state index contributed by atoms with van der Waals surface area (Å²) in [4.78, 5) is 20.4. The maximum Gasteiger partial charge on any atom is 0.228 e. The van der Waals surface area contributed by atoms with E-state index in [1.165, 1.54) is 23.5 Å². The molecular weight excluding hydrogens is 427 g/mol. The molecule has 0 bridgehead atoms. The molecule has 0 aliphatic carbocycles. The molecule has 2 atom stereocenters. The van der Waals surface area contributed by atoms with Gasteiger partial charge in [0, 0.05) is 29.6 Å². The average Bonchev–Trinajstić information content (AvgIpc) is 3.41. The second-order valence-corrected chi connectivity index (χ2v) is 11.4. The number of carbonyl (C=O) groups excluding carboxylic acids is 1. The minimum Gasteiger partial charge on any atom is -0.376 e. The molecule has 2 aromatic rings. The number of amides is 1. The van der Waals surface area contributed by atoms with E-state index in [4.69, 9.17) is 4.74 Å². The van der Waals surface area contributed by atoms with Crippen molar-refractivity contribution >= 4 is 27.1 Å². The molecule has 0 spiro atoms. The number of hydrogen-bond donors (Lipinski definition) is 0. The second-order valence-electron chi connectivity index (χ2n) is 7.93. The number of aromatic nitrogens is 1. The van der Waals surface area contributed by atoms with Gasteiger partial charge in [0.1, 0.15) is 5.82 Å². The Morgan fingerprint density at radius 1 is 1.30 bits per heavy atom. The third kappa shape index (κ3) is 4.90. The first-order valence-corrected chi connectivity index (χ1v) is 12.8. The molecule has 2 aliphatic heterocycles. The predicted octanol–water partition coefficient (Wildman–Crippen LogP) is 2.99. The van der Waals surface area contributed by atoms with Gasteiger partial charge in [-0.2, -0.15) is 0 Å². The second kappa shape index (κ2) is 8.72. The number of sulfone groups is 1. The smallest absolute Gasteiger partial charge is 0.228 e. The van der Waals surface area contributed by atoms with E-state index in [1.807, 2.05) is 6.92 Å². The molecule has 6 nitrogen and oxygen atoms in total. The normalized spacial score (nSPS) is 23.0. The van der Waals surface area contributed by atoms with E-state index in [0.29, 0.717) is 25.3 Å². The van der Waals surface area contributed by atoms with Crippen LogP contribution in [0.5, 0.6) is 0 Å². The van der Waals surface area contributed by atoms with Crippen molar-refractivity contribution in [1.82, 2.24) is 9.88 Å². The Balaban J connectivity index is 1.57. The van der Waals surface area contributed by atoms with Gasteiger partial charge in [-0.25, -0.2) is 17.8 Å². The van der Waals surface area contributed by atoms with Crippen LogP contribution < -0.4 is 0 Å². The van der Waals surface area contributed by atoms with Crippen LogP contribution in [0.15, 0.2) is 24.3 Å². The van der Waals surface area contributed by atoms with Crippen molar-refractivity contribution in [2.45, 2.75) is 44.8 Å². The lowest BCUT2D eigenvalue weighted by molar-refractivity contribution is -0.134. The zero-order valence-electron chi connectivity index (χ0n) is 16.8. The highest BCUT2D eigenvalue weighted by Crippen LogP contribution is 2.30. The van der Waals surface area contributed by atoms with Gasteiger partial charge in [0.15, 0.2) is 9.84 Å². The maximum atomic E-state index is 13.3. The van der Waals surface area contributed by atoms with Crippen LogP contribution in [0, 0.1) is 12.7 Å². The number of rotatable bonds is 6. The Labute approximate surface area is 180 Å². The standard InChI is InChI=1S/C21H25FN2O4S2/c1-14-23-21(15-4-6-16(22)7-5-15)19(29-14)11-20(25)24(12-18-3-2-9-28-18)17-8-10-30(26,27)13-17/h4-7,17-18H,2-3,8-13H2,1H3/t17-,18+/m0/s1. The minimum absolute atomic E-state index is 0.0119. The quantitative estimate of drug-likeness (QED) is 0.674. The van der Waals surface area contributed by atoms with Crippen LogP contribution in [0.1, 0.15) is 29.1 Å². The van der Waals surface area contributed by atoms with E-state index in [-0.39, 0.29) is 41.8 Å². The number of benzene rings is 1. The highest BCUT2D eigenvalue weighted by molar-refractivity contribution is 7.91. The van der Waals surface area contributed by atoms with Gasteiger partial charge in [-0.1, -0.05) is 0 Å². The topological polar surface area (TPSA) is 76.6 Å². The lowest BCUT2D eigenvalue weighted by Crippen LogP contribution is -2.45. The fraction of sp³-hybridized carbons (Fsp3) is 0.524. The van der Waals surface area contributed by atoms with Crippen molar-refractivity contribution < 1.29 is 22.3 Å². The first-order valence-electron chi connectivity index (χ1n) is 10.1. The third-order valence-electron chi connectivity index (χ3n) is 5.63. The number of aryl methyl sites for hydroxylation is 1. The number of hydrogen-bond acceptors (Lipinski definition) is 6. The number of halogens is 1. The average molecular weight is 453 g/mol. The van der Waals surface area contributed by atoms with E-state index < -0.39 is 9.84 Å².